The molecule has 0 bridgehead atoms. The van der Waals surface area contributed by atoms with Crippen molar-refractivity contribution in [3.63, 3.8) is 0 Å². The van der Waals surface area contributed by atoms with Gasteiger partial charge >= 0.3 is 0 Å². The highest BCUT2D eigenvalue weighted by Gasteiger charge is 2.20. The van der Waals surface area contributed by atoms with E-state index in [1.165, 1.54) is 75.3 Å². The van der Waals surface area contributed by atoms with E-state index >= 15 is 0 Å². The van der Waals surface area contributed by atoms with Crippen molar-refractivity contribution in [3.8, 4) is 0 Å². The molecule has 0 spiro atoms. The molecule has 126 valence electrons. The van der Waals surface area contributed by atoms with Gasteiger partial charge in [0.2, 0.25) is 0 Å². The molecule has 0 amide bonds. The third kappa shape index (κ3) is 3.90. The van der Waals surface area contributed by atoms with E-state index in [9.17, 15) is 0 Å². The fourth-order valence-electron chi connectivity index (χ4n) is 4.90. The number of aryl methyl sites for hydroxylation is 2. The smallest absolute Gasteiger partial charge is 0.0185 e. The van der Waals surface area contributed by atoms with E-state index < -0.39 is 0 Å². The van der Waals surface area contributed by atoms with Gasteiger partial charge in [0.1, 0.15) is 0 Å². The Morgan fingerprint density at radius 1 is 0.870 bits per heavy atom. The third-order valence-corrected chi connectivity index (χ3v) is 6.41. The number of rotatable bonds is 0. The highest BCUT2D eigenvalue weighted by atomic mass is 14.3. The first kappa shape index (κ1) is 16.8. The standard InChI is InChI=1S/C13H18.C10H16/c1-9-7-8-12-6-4-5-10(2)13(12)11(9)3;1-2-6-10-8-4-3-7-9(10)5-1/h7-8,10H,4-6H2,1-3H3;5,10H,1-4,6-8H2. The molecular formula is C23H34. The topological polar surface area (TPSA) is 0 Å². The average Bonchev–Trinajstić information content (AvgIpc) is 2.59. The molecule has 0 aromatic heterocycles. The Balaban J connectivity index is 0.000000140. The zero-order valence-corrected chi connectivity index (χ0v) is 15.5. The van der Waals surface area contributed by atoms with Gasteiger partial charge in [-0.05, 0) is 106 Å². The average molecular weight is 311 g/mol. The maximum atomic E-state index is 2.51. The van der Waals surface area contributed by atoms with Crippen LogP contribution in [-0.2, 0) is 6.42 Å². The van der Waals surface area contributed by atoms with Crippen LogP contribution in [0, 0.1) is 19.8 Å². The van der Waals surface area contributed by atoms with E-state index in [-0.39, 0.29) is 0 Å². The molecule has 4 rings (SSSR count). The number of hydrogen-bond acceptors (Lipinski definition) is 0. The van der Waals surface area contributed by atoms with Gasteiger partial charge in [-0.15, -0.1) is 0 Å². The largest absolute Gasteiger partial charge is 0.0851 e. The lowest BCUT2D eigenvalue weighted by Crippen LogP contribution is -2.12. The van der Waals surface area contributed by atoms with Crippen LogP contribution in [0.25, 0.3) is 0 Å². The molecular weight excluding hydrogens is 276 g/mol. The summed E-state index contributed by atoms with van der Waals surface area (Å²) in [5.74, 6) is 1.80. The van der Waals surface area contributed by atoms with E-state index in [0.717, 1.165) is 11.8 Å². The summed E-state index contributed by atoms with van der Waals surface area (Å²) < 4.78 is 0. The molecule has 0 nitrogen and oxygen atoms in total. The van der Waals surface area contributed by atoms with E-state index in [2.05, 4.69) is 39.0 Å². The van der Waals surface area contributed by atoms with Crippen molar-refractivity contribution in [3.05, 3.63) is 46.0 Å². The molecule has 0 heteroatoms. The van der Waals surface area contributed by atoms with Crippen LogP contribution in [0.3, 0.4) is 0 Å². The van der Waals surface area contributed by atoms with Crippen molar-refractivity contribution >= 4 is 0 Å². The lowest BCUT2D eigenvalue weighted by atomic mass is 9.78. The van der Waals surface area contributed by atoms with Crippen LogP contribution in [0.2, 0.25) is 0 Å². The Hall–Kier alpha value is -1.04. The molecule has 1 aromatic rings. The van der Waals surface area contributed by atoms with Gasteiger partial charge in [0.05, 0.1) is 0 Å². The normalized spacial score (nSPS) is 26.3. The van der Waals surface area contributed by atoms with E-state index in [0.29, 0.717) is 0 Å². The molecule has 3 aliphatic rings. The first-order valence-corrected chi connectivity index (χ1v) is 9.94. The molecule has 1 fully saturated rings. The van der Waals surface area contributed by atoms with Crippen molar-refractivity contribution in [2.45, 2.75) is 90.9 Å². The molecule has 2 atom stereocenters. The summed E-state index contributed by atoms with van der Waals surface area (Å²) in [6.07, 6.45) is 16.7. The SMILES string of the molecule is C1=C2CCCCC2CCC1.Cc1ccc2c(c1C)C(C)CCC2. The second kappa shape index (κ2) is 7.69. The van der Waals surface area contributed by atoms with Gasteiger partial charge in [0.15, 0.2) is 0 Å². The fourth-order valence-corrected chi connectivity index (χ4v) is 4.90. The molecule has 0 radical (unpaired) electrons. The number of fused-ring (bicyclic) bond motifs is 2. The van der Waals surface area contributed by atoms with E-state index in [1.807, 2.05) is 0 Å². The molecule has 1 aromatic carbocycles. The Labute approximate surface area is 143 Å². The van der Waals surface area contributed by atoms with Gasteiger partial charge in [0.25, 0.3) is 0 Å². The van der Waals surface area contributed by atoms with Crippen molar-refractivity contribution in [2.24, 2.45) is 5.92 Å². The lowest BCUT2D eigenvalue weighted by molar-refractivity contribution is 0.402. The molecule has 0 heterocycles. The highest BCUT2D eigenvalue weighted by Crippen LogP contribution is 2.36. The van der Waals surface area contributed by atoms with Crippen LogP contribution >= 0.6 is 0 Å². The van der Waals surface area contributed by atoms with Crippen LogP contribution in [0.15, 0.2) is 23.8 Å². The van der Waals surface area contributed by atoms with Gasteiger partial charge in [-0.1, -0.05) is 37.1 Å². The first-order chi connectivity index (χ1) is 11.2. The zero-order valence-electron chi connectivity index (χ0n) is 15.5. The van der Waals surface area contributed by atoms with Crippen molar-refractivity contribution < 1.29 is 0 Å². The molecule has 23 heavy (non-hydrogen) atoms. The maximum Gasteiger partial charge on any atom is -0.0185 e. The number of allylic oxidation sites excluding steroid dienone is 2. The summed E-state index contributed by atoms with van der Waals surface area (Å²) in [4.78, 5) is 0. The molecule has 0 aliphatic heterocycles. The summed E-state index contributed by atoms with van der Waals surface area (Å²) >= 11 is 0. The summed E-state index contributed by atoms with van der Waals surface area (Å²) in [6, 6.07) is 4.60. The van der Waals surface area contributed by atoms with Crippen molar-refractivity contribution in [1.82, 2.24) is 0 Å². The Morgan fingerprint density at radius 2 is 1.70 bits per heavy atom. The van der Waals surface area contributed by atoms with Gasteiger partial charge in [-0.2, -0.15) is 0 Å². The summed E-state index contributed by atoms with van der Waals surface area (Å²) in [5, 5.41) is 0. The molecule has 0 saturated heterocycles. The minimum absolute atomic E-state index is 0.781. The second-order valence-electron chi connectivity index (χ2n) is 8.03. The lowest BCUT2D eigenvalue weighted by Gasteiger charge is -2.28. The van der Waals surface area contributed by atoms with Crippen LogP contribution in [-0.4, -0.2) is 0 Å². The van der Waals surface area contributed by atoms with Crippen LogP contribution < -0.4 is 0 Å². The molecule has 2 unspecified atom stereocenters. The summed E-state index contributed by atoms with van der Waals surface area (Å²) in [6.45, 7) is 6.86. The molecule has 0 N–H and O–H groups in total. The van der Waals surface area contributed by atoms with Gasteiger partial charge in [-0.3, -0.25) is 0 Å². The Morgan fingerprint density at radius 3 is 2.52 bits per heavy atom. The summed E-state index contributed by atoms with van der Waals surface area (Å²) in [7, 11) is 0. The monoisotopic (exact) mass is 310 g/mol. The van der Waals surface area contributed by atoms with Crippen molar-refractivity contribution in [2.75, 3.05) is 0 Å². The predicted octanol–water partition coefficient (Wildman–Crippen LogP) is 7.03. The third-order valence-electron chi connectivity index (χ3n) is 6.41. The van der Waals surface area contributed by atoms with E-state index in [4.69, 9.17) is 0 Å². The van der Waals surface area contributed by atoms with Crippen LogP contribution in [0.5, 0.6) is 0 Å². The summed E-state index contributed by atoms with van der Waals surface area (Å²) in [5.41, 5.74) is 8.03. The van der Waals surface area contributed by atoms with Crippen LogP contribution in [0.4, 0.5) is 0 Å². The Bertz CT molecular complexity index is 564. The molecule has 1 saturated carbocycles. The quantitative estimate of drug-likeness (QED) is 0.451. The first-order valence-electron chi connectivity index (χ1n) is 9.94. The van der Waals surface area contributed by atoms with E-state index in [1.54, 1.807) is 16.7 Å². The second-order valence-corrected chi connectivity index (χ2v) is 8.03. The van der Waals surface area contributed by atoms with Gasteiger partial charge in [-0.25, -0.2) is 0 Å². The van der Waals surface area contributed by atoms with Crippen molar-refractivity contribution in [1.29, 1.82) is 0 Å². The minimum atomic E-state index is 0.781. The van der Waals surface area contributed by atoms with Gasteiger partial charge < -0.3 is 0 Å². The van der Waals surface area contributed by atoms with Gasteiger partial charge in [0, 0.05) is 0 Å². The minimum Gasteiger partial charge on any atom is -0.0851 e. The Kier molecular flexibility index (Phi) is 5.62. The van der Waals surface area contributed by atoms with Crippen LogP contribution in [0.1, 0.15) is 92.9 Å². The number of benzene rings is 1. The fraction of sp³-hybridized carbons (Fsp3) is 0.652. The maximum absolute atomic E-state index is 2.51. The predicted molar refractivity (Wildman–Crippen MR) is 101 cm³/mol. The number of hydrogen-bond donors (Lipinski definition) is 0. The zero-order chi connectivity index (χ0) is 16.2. The molecule has 3 aliphatic carbocycles. The highest BCUT2D eigenvalue weighted by molar-refractivity contribution is 5.43.